The van der Waals surface area contributed by atoms with Crippen LogP contribution in [0.3, 0.4) is 0 Å². The number of halogens is 1. The van der Waals surface area contributed by atoms with Gasteiger partial charge in [0.05, 0.1) is 17.5 Å². The van der Waals surface area contributed by atoms with E-state index in [9.17, 15) is 14.7 Å². The Labute approximate surface area is 169 Å². The fraction of sp³-hybridized carbons (Fsp3) is 0.267. The van der Waals surface area contributed by atoms with Gasteiger partial charge in [-0.15, -0.1) is 11.8 Å². The van der Waals surface area contributed by atoms with Crippen molar-refractivity contribution >= 4 is 50.5 Å². The van der Waals surface area contributed by atoms with Gasteiger partial charge >= 0.3 is 29.6 Å². The molecule has 1 aromatic heterocycles. The van der Waals surface area contributed by atoms with Crippen LogP contribution < -0.4 is 40.0 Å². The Morgan fingerprint density at radius 1 is 1.39 bits per heavy atom. The number of carbonyl (C=O) groups is 2. The molecular weight excluding hydrogens is 391 g/mol. The third-order valence-electron chi connectivity index (χ3n) is 2.93. The zero-order valence-electron chi connectivity index (χ0n) is 13.1. The number of carboxylic acid groups (broad SMARTS) is 1. The number of benzene rings is 1. The molecule has 0 saturated heterocycles. The van der Waals surface area contributed by atoms with Gasteiger partial charge in [-0.3, -0.25) is 9.78 Å². The second-order valence-electron chi connectivity index (χ2n) is 4.81. The Morgan fingerprint density at radius 3 is 2.70 bits per heavy atom. The van der Waals surface area contributed by atoms with Crippen LogP contribution in [0.15, 0.2) is 33.6 Å². The van der Waals surface area contributed by atoms with Gasteiger partial charge in [0.25, 0.3) is 0 Å². The second-order valence-corrected chi connectivity index (χ2v) is 6.78. The van der Waals surface area contributed by atoms with Crippen LogP contribution in [0.4, 0.5) is 0 Å². The fourth-order valence-electron chi connectivity index (χ4n) is 2.00. The quantitative estimate of drug-likeness (QED) is 0.492. The molecule has 0 radical (unpaired) electrons. The van der Waals surface area contributed by atoms with Crippen LogP contribution in [-0.4, -0.2) is 28.7 Å². The first kappa shape index (κ1) is 20.4. The number of amides is 1. The molecule has 0 aliphatic carbocycles. The molecule has 1 aromatic carbocycles. The molecule has 2 aromatic rings. The normalized spacial score (nSPS) is 11.6. The molecule has 1 N–H and O–H groups in total. The van der Waals surface area contributed by atoms with Crippen LogP contribution in [0.2, 0.25) is 0 Å². The number of carboxylic acids is 1. The summed E-state index contributed by atoms with van der Waals surface area (Å²) in [7, 11) is 0. The van der Waals surface area contributed by atoms with Gasteiger partial charge in [0.15, 0.2) is 0 Å². The monoisotopic (exact) mass is 404 g/mol. The molecule has 1 amide bonds. The second kappa shape index (κ2) is 9.03. The zero-order chi connectivity index (χ0) is 16.3. The van der Waals surface area contributed by atoms with Crippen molar-refractivity contribution in [2.45, 2.75) is 24.8 Å². The number of pyridine rings is 1. The Bertz CT molecular complexity index is 742. The van der Waals surface area contributed by atoms with E-state index in [0.29, 0.717) is 0 Å². The summed E-state index contributed by atoms with van der Waals surface area (Å²) in [6, 6.07) is 6.62. The molecule has 0 fully saturated rings. The molecule has 1 heterocycles. The van der Waals surface area contributed by atoms with Gasteiger partial charge in [-0.05, 0) is 31.2 Å². The van der Waals surface area contributed by atoms with E-state index in [1.165, 1.54) is 18.7 Å². The largest absolute Gasteiger partial charge is 1.00 e. The van der Waals surface area contributed by atoms with E-state index in [1.54, 1.807) is 0 Å². The zero-order valence-corrected chi connectivity index (χ0v) is 17.5. The first-order valence-electron chi connectivity index (χ1n) is 6.54. The predicted octanol–water partition coefficient (Wildman–Crippen LogP) is -1.34. The molecule has 1 unspecified atom stereocenters. The van der Waals surface area contributed by atoms with Crippen LogP contribution in [0.1, 0.15) is 12.6 Å². The molecule has 0 saturated carbocycles. The Kier molecular flexibility index (Phi) is 8.03. The van der Waals surface area contributed by atoms with Crippen molar-refractivity contribution < 1.29 is 44.3 Å². The molecular formula is C15H14BrN2NaO3S. The Balaban J connectivity index is 0.00000264. The summed E-state index contributed by atoms with van der Waals surface area (Å²) in [6.45, 7) is 3.17. The first-order valence-corrected chi connectivity index (χ1v) is 8.32. The van der Waals surface area contributed by atoms with Crippen molar-refractivity contribution in [2.24, 2.45) is 0 Å². The number of thioether (sulfide) groups is 1. The van der Waals surface area contributed by atoms with Gasteiger partial charge in [0.2, 0.25) is 5.91 Å². The topological polar surface area (TPSA) is 82.1 Å². The minimum atomic E-state index is -1.29. The van der Waals surface area contributed by atoms with Crippen molar-refractivity contribution in [3.63, 3.8) is 0 Å². The number of rotatable bonds is 5. The van der Waals surface area contributed by atoms with Crippen LogP contribution >= 0.6 is 27.7 Å². The fourth-order valence-corrected chi connectivity index (χ4v) is 3.50. The minimum Gasteiger partial charge on any atom is -0.548 e. The number of aromatic nitrogens is 1. The maximum Gasteiger partial charge on any atom is 1.00 e. The summed E-state index contributed by atoms with van der Waals surface area (Å²) in [5.41, 5.74) is 1.69. The maximum absolute atomic E-state index is 11.1. The van der Waals surface area contributed by atoms with Crippen molar-refractivity contribution in [3.05, 3.63) is 34.4 Å². The Hall–Kier alpha value is -0.600. The van der Waals surface area contributed by atoms with E-state index >= 15 is 0 Å². The van der Waals surface area contributed by atoms with Crippen LogP contribution in [0.25, 0.3) is 10.9 Å². The first-order chi connectivity index (χ1) is 10.4. The molecule has 116 valence electrons. The maximum atomic E-state index is 11.1. The SMILES string of the molecule is CC(=O)NC(CSc1cc(C)nc2ccc(Br)cc12)C(=O)[O-].[Na+]. The molecule has 1 atom stereocenters. The van der Waals surface area contributed by atoms with E-state index in [0.717, 1.165) is 26.0 Å². The van der Waals surface area contributed by atoms with E-state index in [-0.39, 0.29) is 35.3 Å². The summed E-state index contributed by atoms with van der Waals surface area (Å²) < 4.78 is 0.922. The third kappa shape index (κ3) is 5.76. The number of nitrogens with zero attached hydrogens (tertiary/aromatic N) is 1. The average molecular weight is 405 g/mol. The molecule has 2 rings (SSSR count). The predicted molar refractivity (Wildman–Crippen MR) is 87.5 cm³/mol. The number of carbonyl (C=O) groups excluding carboxylic acids is 2. The number of aryl methyl sites for hydroxylation is 1. The van der Waals surface area contributed by atoms with Crippen molar-refractivity contribution in [1.29, 1.82) is 0 Å². The number of fused-ring (bicyclic) bond motifs is 1. The molecule has 0 aliphatic rings. The van der Waals surface area contributed by atoms with Crippen LogP contribution in [0.5, 0.6) is 0 Å². The summed E-state index contributed by atoms with van der Waals surface area (Å²) in [5, 5.41) is 14.4. The number of hydrogen-bond donors (Lipinski definition) is 1. The smallest absolute Gasteiger partial charge is 0.548 e. The summed E-state index contributed by atoms with van der Waals surface area (Å²) in [4.78, 5) is 27.5. The van der Waals surface area contributed by atoms with Gasteiger partial charge in [0, 0.05) is 33.1 Å². The van der Waals surface area contributed by atoms with Gasteiger partial charge < -0.3 is 15.2 Å². The molecule has 0 spiro atoms. The number of hydrogen-bond acceptors (Lipinski definition) is 5. The van der Waals surface area contributed by atoms with Crippen LogP contribution in [-0.2, 0) is 9.59 Å². The average Bonchev–Trinajstić information content (AvgIpc) is 2.43. The molecule has 5 nitrogen and oxygen atoms in total. The minimum absolute atomic E-state index is 0. The van der Waals surface area contributed by atoms with Crippen LogP contribution in [0, 0.1) is 6.92 Å². The molecule has 8 heteroatoms. The van der Waals surface area contributed by atoms with Gasteiger partial charge in [0.1, 0.15) is 0 Å². The van der Waals surface area contributed by atoms with E-state index < -0.39 is 17.9 Å². The van der Waals surface area contributed by atoms with Crippen molar-refractivity contribution in [1.82, 2.24) is 10.3 Å². The standard InChI is InChI=1S/C15H15BrN2O3S.Na/c1-8-5-14(11-6-10(16)3-4-12(11)17-8)22-7-13(15(20)21)18-9(2)19;/h3-6,13H,7H2,1-2H3,(H,18,19)(H,20,21);/q;+1/p-1. The molecule has 0 aliphatic heterocycles. The summed E-state index contributed by atoms with van der Waals surface area (Å²) in [5.74, 6) is -1.50. The molecule has 0 bridgehead atoms. The number of aliphatic carboxylic acids is 1. The van der Waals surface area contributed by atoms with E-state index in [4.69, 9.17) is 0 Å². The van der Waals surface area contributed by atoms with E-state index in [1.807, 2.05) is 31.2 Å². The third-order valence-corrected chi connectivity index (χ3v) is 4.57. The number of nitrogens with one attached hydrogen (secondary N) is 1. The summed E-state index contributed by atoms with van der Waals surface area (Å²) in [6.07, 6.45) is 0. The van der Waals surface area contributed by atoms with Crippen molar-refractivity contribution in [3.8, 4) is 0 Å². The van der Waals surface area contributed by atoms with Gasteiger partial charge in [-0.25, -0.2) is 0 Å². The van der Waals surface area contributed by atoms with E-state index in [2.05, 4.69) is 26.2 Å². The van der Waals surface area contributed by atoms with Crippen molar-refractivity contribution in [2.75, 3.05) is 5.75 Å². The van der Waals surface area contributed by atoms with Gasteiger partial charge in [-0.2, -0.15) is 0 Å². The molecule has 23 heavy (non-hydrogen) atoms. The Morgan fingerprint density at radius 2 is 2.09 bits per heavy atom. The van der Waals surface area contributed by atoms with Gasteiger partial charge in [-0.1, -0.05) is 15.9 Å². The summed E-state index contributed by atoms with van der Waals surface area (Å²) >= 11 is 4.78.